The van der Waals surface area contributed by atoms with E-state index in [1.54, 1.807) is 36.5 Å². The van der Waals surface area contributed by atoms with Crippen molar-refractivity contribution in [3.63, 3.8) is 0 Å². The SMILES string of the molecule is CN(C(=O)c1cc2ccccc2cc1N)c1ccncc1. The Bertz CT molecular complexity index is 799. The zero-order valence-electron chi connectivity index (χ0n) is 11.7. The molecule has 1 amide bonds. The molecule has 0 saturated carbocycles. The fraction of sp³-hybridized carbons (Fsp3) is 0.0588. The predicted octanol–water partition coefficient (Wildman–Crippen LogP) is 3.09. The number of rotatable bonds is 2. The van der Waals surface area contributed by atoms with E-state index in [0.29, 0.717) is 11.3 Å². The van der Waals surface area contributed by atoms with E-state index in [0.717, 1.165) is 16.5 Å². The van der Waals surface area contributed by atoms with E-state index < -0.39 is 0 Å². The summed E-state index contributed by atoms with van der Waals surface area (Å²) in [6.45, 7) is 0. The first-order valence-corrected chi connectivity index (χ1v) is 6.63. The molecule has 0 fully saturated rings. The standard InChI is InChI=1S/C17H15N3O/c1-20(14-6-8-19-9-7-14)17(21)15-10-12-4-2-3-5-13(12)11-16(15)18/h2-11H,18H2,1H3. The van der Waals surface area contributed by atoms with E-state index in [1.807, 2.05) is 36.4 Å². The largest absolute Gasteiger partial charge is 0.398 e. The maximum Gasteiger partial charge on any atom is 0.260 e. The lowest BCUT2D eigenvalue weighted by Gasteiger charge is -2.18. The number of fused-ring (bicyclic) bond motifs is 1. The number of aromatic nitrogens is 1. The first kappa shape index (κ1) is 13.1. The molecule has 104 valence electrons. The van der Waals surface area contributed by atoms with Crippen LogP contribution in [0, 0.1) is 0 Å². The summed E-state index contributed by atoms with van der Waals surface area (Å²) in [5.74, 6) is -0.135. The van der Waals surface area contributed by atoms with Crippen LogP contribution in [0.3, 0.4) is 0 Å². The fourth-order valence-corrected chi connectivity index (χ4v) is 2.31. The minimum Gasteiger partial charge on any atom is -0.398 e. The van der Waals surface area contributed by atoms with Gasteiger partial charge in [-0.2, -0.15) is 0 Å². The minimum absolute atomic E-state index is 0.135. The van der Waals surface area contributed by atoms with Gasteiger partial charge in [0, 0.05) is 30.8 Å². The molecule has 0 unspecified atom stereocenters. The van der Waals surface area contributed by atoms with Gasteiger partial charge in [-0.15, -0.1) is 0 Å². The zero-order chi connectivity index (χ0) is 14.8. The highest BCUT2D eigenvalue weighted by Crippen LogP contribution is 2.24. The number of carbonyl (C=O) groups is 1. The monoisotopic (exact) mass is 277 g/mol. The van der Waals surface area contributed by atoms with Gasteiger partial charge in [-0.3, -0.25) is 9.78 Å². The second-order valence-corrected chi connectivity index (χ2v) is 4.86. The van der Waals surface area contributed by atoms with Gasteiger partial charge in [0.1, 0.15) is 0 Å². The van der Waals surface area contributed by atoms with Crippen molar-refractivity contribution in [1.82, 2.24) is 4.98 Å². The fourth-order valence-electron chi connectivity index (χ4n) is 2.31. The van der Waals surface area contributed by atoms with Crippen molar-refractivity contribution in [2.45, 2.75) is 0 Å². The number of hydrogen-bond donors (Lipinski definition) is 1. The number of benzene rings is 2. The van der Waals surface area contributed by atoms with Crippen molar-refractivity contribution in [2.75, 3.05) is 17.7 Å². The maximum absolute atomic E-state index is 12.6. The Balaban J connectivity index is 2.03. The van der Waals surface area contributed by atoms with Crippen molar-refractivity contribution in [3.05, 3.63) is 66.5 Å². The van der Waals surface area contributed by atoms with Gasteiger partial charge < -0.3 is 10.6 Å². The highest BCUT2D eigenvalue weighted by Gasteiger charge is 2.16. The van der Waals surface area contributed by atoms with Gasteiger partial charge in [-0.1, -0.05) is 24.3 Å². The molecule has 21 heavy (non-hydrogen) atoms. The molecular formula is C17H15N3O. The highest BCUT2D eigenvalue weighted by molar-refractivity contribution is 6.11. The summed E-state index contributed by atoms with van der Waals surface area (Å²) < 4.78 is 0. The van der Waals surface area contributed by atoms with Crippen LogP contribution in [0.25, 0.3) is 10.8 Å². The van der Waals surface area contributed by atoms with Crippen LogP contribution in [-0.4, -0.2) is 17.9 Å². The smallest absolute Gasteiger partial charge is 0.260 e. The summed E-state index contributed by atoms with van der Waals surface area (Å²) in [4.78, 5) is 18.2. The van der Waals surface area contributed by atoms with Gasteiger partial charge in [0.05, 0.1) is 5.56 Å². The van der Waals surface area contributed by atoms with E-state index in [9.17, 15) is 4.79 Å². The van der Waals surface area contributed by atoms with Gasteiger partial charge in [-0.25, -0.2) is 0 Å². The molecule has 0 aliphatic heterocycles. The van der Waals surface area contributed by atoms with Crippen LogP contribution in [0.5, 0.6) is 0 Å². The molecule has 0 spiro atoms. The third-order valence-electron chi connectivity index (χ3n) is 3.50. The van der Waals surface area contributed by atoms with Crippen molar-refractivity contribution >= 4 is 28.1 Å². The van der Waals surface area contributed by atoms with Gasteiger partial charge in [0.15, 0.2) is 0 Å². The molecule has 0 radical (unpaired) electrons. The summed E-state index contributed by atoms with van der Waals surface area (Å²) in [5.41, 5.74) is 7.82. The summed E-state index contributed by atoms with van der Waals surface area (Å²) in [7, 11) is 1.73. The topological polar surface area (TPSA) is 59.2 Å². The van der Waals surface area contributed by atoms with Crippen LogP contribution in [0.15, 0.2) is 60.9 Å². The number of anilines is 2. The summed E-state index contributed by atoms with van der Waals surface area (Å²) in [5, 5.41) is 2.02. The molecule has 2 N–H and O–H groups in total. The normalized spacial score (nSPS) is 10.5. The van der Waals surface area contributed by atoms with Gasteiger partial charge >= 0.3 is 0 Å². The molecule has 0 aliphatic carbocycles. The lowest BCUT2D eigenvalue weighted by Crippen LogP contribution is -2.27. The Morgan fingerprint density at radius 3 is 2.33 bits per heavy atom. The van der Waals surface area contributed by atoms with E-state index in [1.165, 1.54) is 0 Å². The molecule has 1 heterocycles. The Morgan fingerprint density at radius 2 is 1.67 bits per heavy atom. The van der Waals surface area contributed by atoms with Crippen molar-refractivity contribution in [2.24, 2.45) is 0 Å². The molecule has 0 saturated heterocycles. The molecule has 0 aliphatic rings. The number of nitrogen functional groups attached to an aromatic ring is 1. The summed E-state index contributed by atoms with van der Waals surface area (Å²) in [6, 6.07) is 15.1. The number of nitrogens with zero attached hydrogens (tertiary/aromatic N) is 2. The Hall–Kier alpha value is -2.88. The van der Waals surface area contributed by atoms with Crippen LogP contribution in [-0.2, 0) is 0 Å². The van der Waals surface area contributed by atoms with Crippen LogP contribution in [0.4, 0.5) is 11.4 Å². The average Bonchev–Trinajstić information content (AvgIpc) is 2.53. The first-order chi connectivity index (χ1) is 10.2. The van der Waals surface area contributed by atoms with Crippen LogP contribution < -0.4 is 10.6 Å². The molecule has 0 bridgehead atoms. The van der Waals surface area contributed by atoms with Gasteiger partial charge in [0.25, 0.3) is 5.91 Å². The summed E-state index contributed by atoms with van der Waals surface area (Å²) >= 11 is 0. The van der Waals surface area contributed by atoms with Crippen LogP contribution in [0.2, 0.25) is 0 Å². The molecule has 4 nitrogen and oxygen atoms in total. The number of nitrogens with two attached hydrogens (primary N) is 1. The quantitative estimate of drug-likeness (QED) is 0.732. The number of carbonyl (C=O) groups excluding carboxylic acids is 1. The lowest BCUT2D eigenvalue weighted by atomic mass is 10.0. The first-order valence-electron chi connectivity index (χ1n) is 6.63. The molecule has 1 aromatic heterocycles. The molecular weight excluding hydrogens is 262 g/mol. The Labute approximate surface area is 122 Å². The van der Waals surface area contributed by atoms with Crippen molar-refractivity contribution in [3.8, 4) is 0 Å². The van der Waals surface area contributed by atoms with E-state index >= 15 is 0 Å². The molecule has 2 aromatic carbocycles. The van der Waals surface area contributed by atoms with Gasteiger partial charge in [-0.05, 0) is 35.0 Å². The number of amides is 1. The third kappa shape index (κ3) is 2.43. The molecule has 3 aromatic rings. The maximum atomic E-state index is 12.6. The third-order valence-corrected chi connectivity index (χ3v) is 3.50. The highest BCUT2D eigenvalue weighted by atomic mass is 16.2. The number of hydrogen-bond acceptors (Lipinski definition) is 3. The lowest BCUT2D eigenvalue weighted by molar-refractivity contribution is 0.0994. The number of pyridine rings is 1. The minimum atomic E-state index is -0.135. The molecule has 4 heteroatoms. The molecule has 3 rings (SSSR count). The van der Waals surface area contributed by atoms with Gasteiger partial charge in [0.2, 0.25) is 0 Å². The van der Waals surface area contributed by atoms with E-state index in [2.05, 4.69) is 4.98 Å². The summed E-state index contributed by atoms with van der Waals surface area (Å²) in [6.07, 6.45) is 3.31. The van der Waals surface area contributed by atoms with E-state index in [4.69, 9.17) is 5.73 Å². The predicted molar refractivity (Wildman–Crippen MR) is 85.3 cm³/mol. The second-order valence-electron chi connectivity index (χ2n) is 4.86. The Morgan fingerprint density at radius 1 is 1.05 bits per heavy atom. The van der Waals surface area contributed by atoms with E-state index in [-0.39, 0.29) is 5.91 Å². The average molecular weight is 277 g/mol. The van der Waals surface area contributed by atoms with Crippen LogP contribution >= 0.6 is 0 Å². The second kappa shape index (κ2) is 5.25. The van der Waals surface area contributed by atoms with Crippen LogP contribution in [0.1, 0.15) is 10.4 Å². The van der Waals surface area contributed by atoms with Crippen molar-refractivity contribution in [1.29, 1.82) is 0 Å². The molecule has 0 atom stereocenters. The van der Waals surface area contributed by atoms with Crippen molar-refractivity contribution < 1.29 is 4.79 Å². The Kier molecular flexibility index (Phi) is 3.28. The zero-order valence-corrected chi connectivity index (χ0v) is 11.7.